The zero-order valence-corrected chi connectivity index (χ0v) is 20.2. The minimum atomic E-state index is -0.861. The quantitative estimate of drug-likeness (QED) is 0.596. The van der Waals surface area contributed by atoms with E-state index in [0.29, 0.717) is 24.1 Å². The van der Waals surface area contributed by atoms with E-state index in [0.717, 1.165) is 43.1 Å². The lowest BCUT2D eigenvalue weighted by molar-refractivity contribution is -0.121. The average molecular weight is 480 g/mol. The lowest BCUT2D eigenvalue weighted by atomic mass is 9.73. The van der Waals surface area contributed by atoms with Crippen LogP contribution in [0.25, 0.3) is 0 Å². The highest BCUT2D eigenvalue weighted by Gasteiger charge is 2.42. The lowest BCUT2D eigenvalue weighted by Crippen LogP contribution is -2.44. The molecular formula is C28H31F2N3O2. The maximum absolute atomic E-state index is 15.3. The number of nitrogens with zero attached hydrogens (tertiary/aromatic N) is 1. The first-order chi connectivity index (χ1) is 16.7. The van der Waals surface area contributed by atoms with Crippen LogP contribution in [0, 0.1) is 17.0 Å². The summed E-state index contributed by atoms with van der Waals surface area (Å²) in [4.78, 5) is 28.6. The number of Topliss-reactive ketones (excluding diaryl/α,β-unsaturated/α-hetero) is 1. The van der Waals surface area contributed by atoms with Crippen molar-refractivity contribution < 1.29 is 18.4 Å². The fraction of sp³-hybridized carbons (Fsp3) is 0.429. The predicted octanol–water partition coefficient (Wildman–Crippen LogP) is 5.64. The van der Waals surface area contributed by atoms with Gasteiger partial charge >= 0.3 is 0 Å². The Hall–Kier alpha value is -3.22. The molecule has 1 atom stereocenters. The third-order valence-electron chi connectivity index (χ3n) is 7.30. The fourth-order valence-electron chi connectivity index (χ4n) is 5.77. The predicted molar refractivity (Wildman–Crippen MR) is 132 cm³/mol. The number of carbonyl (C=O) groups is 2. The normalized spacial score (nSPS) is 21.8. The summed E-state index contributed by atoms with van der Waals surface area (Å²) in [5, 5.41) is 6.56. The number of hydrogen-bond donors (Lipinski definition) is 2. The maximum atomic E-state index is 15.3. The standard InChI is InChI=1S/C28H31F2N3O2/c1-28(2)14-22-26(24(34)15-28)27(19-12-11-17(29)13-20(19)30)33(23-10-6-5-9-21(23)32-22)16-25(35)31-18-7-3-4-8-18/h5-6,9-13,18,27,32H,3-4,7-8,14-16H2,1-2H3,(H,31,35). The van der Waals surface area contributed by atoms with Crippen molar-refractivity contribution in [2.24, 2.45) is 5.41 Å². The number of allylic oxidation sites excluding steroid dienone is 1. The van der Waals surface area contributed by atoms with Gasteiger partial charge in [-0.25, -0.2) is 8.78 Å². The van der Waals surface area contributed by atoms with Crippen LogP contribution in [0.3, 0.4) is 0 Å². The molecule has 0 bridgehead atoms. The van der Waals surface area contributed by atoms with Crippen molar-refractivity contribution in [3.63, 3.8) is 0 Å². The van der Waals surface area contributed by atoms with Gasteiger partial charge < -0.3 is 15.5 Å². The lowest BCUT2D eigenvalue weighted by Gasteiger charge is -2.38. The highest BCUT2D eigenvalue weighted by Crippen LogP contribution is 2.48. The molecule has 0 radical (unpaired) electrons. The molecule has 0 spiro atoms. The van der Waals surface area contributed by atoms with Gasteiger partial charge in [-0.15, -0.1) is 0 Å². The Morgan fingerprint density at radius 2 is 1.86 bits per heavy atom. The molecular weight excluding hydrogens is 448 g/mol. The van der Waals surface area contributed by atoms with E-state index in [1.165, 1.54) is 12.1 Å². The summed E-state index contributed by atoms with van der Waals surface area (Å²) in [6, 6.07) is 10.2. The number of halogens is 2. The molecule has 2 N–H and O–H groups in total. The molecule has 5 nitrogen and oxygen atoms in total. The van der Waals surface area contributed by atoms with Gasteiger partial charge in [0.05, 0.1) is 24.0 Å². The van der Waals surface area contributed by atoms with Crippen molar-refractivity contribution in [2.75, 3.05) is 16.8 Å². The Balaban J connectivity index is 1.66. The second kappa shape index (κ2) is 9.10. The SMILES string of the molecule is CC1(C)CC(=O)C2=C(C1)Nc1ccccc1N(CC(=O)NC1CCCC1)C2c1ccc(F)cc1F. The van der Waals surface area contributed by atoms with Gasteiger partial charge in [0.25, 0.3) is 0 Å². The van der Waals surface area contributed by atoms with Crippen LogP contribution in [-0.2, 0) is 9.59 Å². The molecule has 0 saturated heterocycles. The number of benzene rings is 2. The molecule has 35 heavy (non-hydrogen) atoms. The monoisotopic (exact) mass is 479 g/mol. The van der Waals surface area contributed by atoms with E-state index in [1.54, 1.807) is 4.90 Å². The van der Waals surface area contributed by atoms with Gasteiger partial charge in [-0.2, -0.15) is 0 Å². The molecule has 1 heterocycles. The highest BCUT2D eigenvalue weighted by atomic mass is 19.1. The Bertz CT molecular complexity index is 1200. The molecule has 2 aromatic carbocycles. The molecule has 1 unspecified atom stereocenters. The van der Waals surface area contributed by atoms with E-state index in [9.17, 15) is 14.0 Å². The zero-order valence-electron chi connectivity index (χ0n) is 20.2. The number of rotatable bonds is 4. The number of ketones is 1. The molecule has 7 heteroatoms. The van der Waals surface area contributed by atoms with E-state index >= 15 is 4.39 Å². The number of nitrogens with one attached hydrogen (secondary N) is 2. The first kappa shape index (κ1) is 23.5. The van der Waals surface area contributed by atoms with Gasteiger partial charge in [0.1, 0.15) is 11.6 Å². The van der Waals surface area contributed by atoms with Crippen LogP contribution in [0.15, 0.2) is 53.7 Å². The van der Waals surface area contributed by atoms with Crippen molar-refractivity contribution in [3.05, 3.63) is 70.9 Å². The zero-order chi connectivity index (χ0) is 24.7. The van der Waals surface area contributed by atoms with Crippen LogP contribution >= 0.6 is 0 Å². The Morgan fingerprint density at radius 3 is 2.60 bits per heavy atom. The molecule has 1 aliphatic heterocycles. The Morgan fingerprint density at radius 1 is 1.11 bits per heavy atom. The summed E-state index contributed by atoms with van der Waals surface area (Å²) in [5.41, 5.74) is 2.54. The van der Waals surface area contributed by atoms with Gasteiger partial charge in [0, 0.05) is 35.4 Å². The van der Waals surface area contributed by atoms with Crippen LogP contribution < -0.4 is 15.5 Å². The van der Waals surface area contributed by atoms with Crippen LogP contribution in [-0.4, -0.2) is 24.3 Å². The second-order valence-electron chi connectivity index (χ2n) is 10.7. The third-order valence-corrected chi connectivity index (χ3v) is 7.30. The van der Waals surface area contributed by atoms with Crippen molar-refractivity contribution in [1.29, 1.82) is 0 Å². The molecule has 1 saturated carbocycles. The average Bonchev–Trinajstić information content (AvgIpc) is 3.24. The summed E-state index contributed by atoms with van der Waals surface area (Å²) in [6.07, 6.45) is 4.98. The van der Waals surface area contributed by atoms with E-state index < -0.39 is 17.7 Å². The minimum absolute atomic E-state index is 0.0515. The first-order valence-electron chi connectivity index (χ1n) is 12.3. The smallest absolute Gasteiger partial charge is 0.239 e. The third kappa shape index (κ3) is 4.68. The Labute approximate surface area is 204 Å². The van der Waals surface area contributed by atoms with Crippen LogP contribution in [0.2, 0.25) is 0 Å². The minimum Gasteiger partial charge on any atom is -0.357 e. The van der Waals surface area contributed by atoms with E-state index in [1.807, 2.05) is 38.1 Å². The molecule has 2 aliphatic carbocycles. The van der Waals surface area contributed by atoms with E-state index in [4.69, 9.17) is 0 Å². The summed E-state index contributed by atoms with van der Waals surface area (Å²) < 4.78 is 29.2. The van der Waals surface area contributed by atoms with Gasteiger partial charge in [-0.05, 0) is 42.9 Å². The molecule has 0 aromatic heterocycles. The Kier molecular flexibility index (Phi) is 6.11. The number of anilines is 2. The van der Waals surface area contributed by atoms with Gasteiger partial charge in [-0.1, -0.05) is 44.9 Å². The molecule has 3 aliphatic rings. The fourth-order valence-corrected chi connectivity index (χ4v) is 5.77. The molecule has 2 aromatic rings. The van der Waals surface area contributed by atoms with E-state index in [2.05, 4.69) is 10.6 Å². The van der Waals surface area contributed by atoms with Crippen molar-refractivity contribution in [2.45, 2.75) is 64.5 Å². The van der Waals surface area contributed by atoms with Crippen LogP contribution in [0.5, 0.6) is 0 Å². The number of fused-ring (bicyclic) bond motifs is 1. The molecule has 1 fully saturated rings. The van der Waals surface area contributed by atoms with Crippen molar-refractivity contribution in [1.82, 2.24) is 5.32 Å². The summed E-state index contributed by atoms with van der Waals surface area (Å²) in [5.74, 6) is -1.69. The highest BCUT2D eigenvalue weighted by molar-refractivity contribution is 6.01. The van der Waals surface area contributed by atoms with Crippen molar-refractivity contribution >= 4 is 23.1 Å². The number of para-hydroxylation sites is 2. The summed E-state index contributed by atoms with van der Waals surface area (Å²) in [6.45, 7) is 4.02. The van der Waals surface area contributed by atoms with Crippen molar-refractivity contribution in [3.8, 4) is 0 Å². The van der Waals surface area contributed by atoms with Gasteiger partial charge in [0.2, 0.25) is 5.91 Å². The number of amides is 1. The van der Waals surface area contributed by atoms with Gasteiger partial charge in [-0.3, -0.25) is 9.59 Å². The topological polar surface area (TPSA) is 61.4 Å². The number of hydrogen-bond acceptors (Lipinski definition) is 4. The largest absolute Gasteiger partial charge is 0.357 e. The van der Waals surface area contributed by atoms with Crippen LogP contribution in [0.1, 0.15) is 64.0 Å². The first-order valence-corrected chi connectivity index (χ1v) is 12.3. The number of carbonyl (C=O) groups excluding carboxylic acids is 2. The molecule has 184 valence electrons. The van der Waals surface area contributed by atoms with E-state index in [-0.39, 0.29) is 35.3 Å². The molecule has 1 amide bonds. The summed E-state index contributed by atoms with van der Waals surface area (Å²) in [7, 11) is 0. The molecule has 5 rings (SSSR count). The van der Waals surface area contributed by atoms with Crippen LogP contribution in [0.4, 0.5) is 20.2 Å². The van der Waals surface area contributed by atoms with Gasteiger partial charge in [0.15, 0.2) is 5.78 Å². The second-order valence-corrected chi connectivity index (χ2v) is 10.7. The maximum Gasteiger partial charge on any atom is 0.239 e. The summed E-state index contributed by atoms with van der Waals surface area (Å²) >= 11 is 0.